The van der Waals surface area contributed by atoms with Crippen molar-refractivity contribution in [3.8, 4) is 5.75 Å². The molecule has 0 saturated carbocycles. The normalized spacial score (nSPS) is 11.6. The Labute approximate surface area is 104 Å². The Kier molecular flexibility index (Phi) is 4.33. The van der Waals surface area contributed by atoms with Gasteiger partial charge in [-0.25, -0.2) is 0 Å². The summed E-state index contributed by atoms with van der Waals surface area (Å²) in [5.41, 5.74) is 0.792. The van der Waals surface area contributed by atoms with E-state index in [2.05, 4.69) is 20.8 Å². The van der Waals surface area contributed by atoms with Gasteiger partial charge in [-0.15, -0.1) is 0 Å². The van der Waals surface area contributed by atoms with Gasteiger partial charge in [-0.2, -0.15) is 0 Å². The quantitative estimate of drug-likeness (QED) is 0.733. The molecular formula is C15H22O2. The van der Waals surface area contributed by atoms with Gasteiger partial charge in [0, 0.05) is 12.0 Å². The Morgan fingerprint density at radius 3 is 2.12 bits per heavy atom. The van der Waals surface area contributed by atoms with E-state index in [1.807, 2.05) is 38.1 Å². The molecule has 1 aromatic rings. The van der Waals surface area contributed by atoms with Crippen LogP contribution in [0.15, 0.2) is 24.3 Å². The van der Waals surface area contributed by atoms with Gasteiger partial charge in [-0.3, -0.25) is 4.79 Å². The summed E-state index contributed by atoms with van der Waals surface area (Å²) >= 11 is 0. The first-order valence-corrected chi connectivity index (χ1v) is 6.08. The van der Waals surface area contributed by atoms with Gasteiger partial charge in [-0.05, 0) is 43.5 Å². The zero-order valence-corrected chi connectivity index (χ0v) is 11.4. The van der Waals surface area contributed by atoms with Gasteiger partial charge in [0.25, 0.3) is 0 Å². The van der Waals surface area contributed by atoms with Gasteiger partial charge >= 0.3 is 0 Å². The topological polar surface area (TPSA) is 26.3 Å². The van der Waals surface area contributed by atoms with E-state index in [-0.39, 0.29) is 17.3 Å². The molecule has 94 valence electrons. The minimum atomic E-state index is 0.0319. The zero-order valence-electron chi connectivity index (χ0n) is 11.4. The summed E-state index contributed by atoms with van der Waals surface area (Å²) in [4.78, 5) is 12.0. The van der Waals surface area contributed by atoms with Gasteiger partial charge < -0.3 is 4.74 Å². The SMILES string of the molecule is CC(C)Oc1ccc(C(=O)CC(C)(C)C)cc1. The second-order valence-electron chi connectivity index (χ2n) is 5.85. The number of carbonyl (C=O) groups excluding carboxylic acids is 1. The molecule has 2 nitrogen and oxygen atoms in total. The van der Waals surface area contributed by atoms with Gasteiger partial charge in [0.2, 0.25) is 0 Å². The van der Waals surface area contributed by atoms with E-state index in [0.29, 0.717) is 6.42 Å². The van der Waals surface area contributed by atoms with Crippen LogP contribution in [0, 0.1) is 5.41 Å². The molecule has 0 amide bonds. The van der Waals surface area contributed by atoms with Crippen LogP contribution >= 0.6 is 0 Å². The van der Waals surface area contributed by atoms with Crippen LogP contribution in [-0.2, 0) is 0 Å². The molecule has 0 unspecified atom stereocenters. The van der Waals surface area contributed by atoms with Crippen molar-refractivity contribution < 1.29 is 9.53 Å². The van der Waals surface area contributed by atoms with E-state index in [1.165, 1.54) is 0 Å². The maximum absolute atomic E-state index is 12.0. The van der Waals surface area contributed by atoms with Crippen molar-refractivity contribution in [2.24, 2.45) is 5.41 Å². The van der Waals surface area contributed by atoms with Gasteiger partial charge in [0.15, 0.2) is 5.78 Å². The Hall–Kier alpha value is -1.31. The number of ether oxygens (including phenoxy) is 1. The molecule has 0 heterocycles. The molecule has 0 bridgehead atoms. The first kappa shape index (κ1) is 13.8. The first-order chi connectivity index (χ1) is 7.78. The summed E-state index contributed by atoms with van der Waals surface area (Å²) in [6, 6.07) is 7.39. The molecule has 1 aromatic carbocycles. The summed E-state index contributed by atoms with van der Waals surface area (Å²) in [5.74, 6) is 1.00. The Morgan fingerprint density at radius 1 is 1.18 bits per heavy atom. The van der Waals surface area contributed by atoms with Crippen molar-refractivity contribution in [2.45, 2.75) is 47.1 Å². The number of hydrogen-bond donors (Lipinski definition) is 0. The standard InChI is InChI=1S/C15H22O2/c1-11(2)17-13-8-6-12(7-9-13)14(16)10-15(3,4)5/h6-9,11H,10H2,1-5H3. The molecule has 0 aliphatic rings. The highest BCUT2D eigenvalue weighted by Gasteiger charge is 2.17. The fourth-order valence-electron chi connectivity index (χ4n) is 1.58. The van der Waals surface area contributed by atoms with Gasteiger partial charge in [-0.1, -0.05) is 20.8 Å². The lowest BCUT2D eigenvalue weighted by Gasteiger charge is -2.17. The Bertz CT molecular complexity index is 369. The Morgan fingerprint density at radius 2 is 1.71 bits per heavy atom. The van der Waals surface area contributed by atoms with Crippen LogP contribution in [0.25, 0.3) is 0 Å². The maximum atomic E-state index is 12.0. The average molecular weight is 234 g/mol. The number of ketones is 1. The third-order valence-corrected chi connectivity index (χ3v) is 2.24. The lowest BCUT2D eigenvalue weighted by molar-refractivity contribution is 0.0940. The van der Waals surface area contributed by atoms with Crippen molar-refractivity contribution in [2.75, 3.05) is 0 Å². The number of hydrogen-bond acceptors (Lipinski definition) is 2. The monoisotopic (exact) mass is 234 g/mol. The van der Waals surface area contributed by atoms with E-state index in [9.17, 15) is 4.79 Å². The number of benzene rings is 1. The fourth-order valence-corrected chi connectivity index (χ4v) is 1.58. The van der Waals surface area contributed by atoms with Crippen LogP contribution in [-0.4, -0.2) is 11.9 Å². The smallest absolute Gasteiger partial charge is 0.163 e. The largest absolute Gasteiger partial charge is 0.491 e. The van der Waals surface area contributed by atoms with Crippen molar-refractivity contribution >= 4 is 5.78 Å². The highest BCUT2D eigenvalue weighted by atomic mass is 16.5. The Balaban J connectivity index is 2.71. The molecule has 0 atom stereocenters. The van der Waals surface area contributed by atoms with Crippen molar-refractivity contribution in [3.05, 3.63) is 29.8 Å². The zero-order chi connectivity index (χ0) is 13.1. The van der Waals surface area contributed by atoms with Crippen molar-refractivity contribution in [1.82, 2.24) is 0 Å². The summed E-state index contributed by atoms with van der Waals surface area (Å²) in [5, 5.41) is 0. The van der Waals surface area contributed by atoms with Crippen LogP contribution in [0.2, 0.25) is 0 Å². The molecule has 0 aliphatic heterocycles. The summed E-state index contributed by atoms with van der Waals surface area (Å²) in [6.45, 7) is 10.2. The molecule has 2 heteroatoms. The summed E-state index contributed by atoms with van der Waals surface area (Å²) in [7, 11) is 0. The molecule has 17 heavy (non-hydrogen) atoms. The second-order valence-corrected chi connectivity index (χ2v) is 5.85. The number of carbonyl (C=O) groups is 1. The van der Waals surface area contributed by atoms with Crippen molar-refractivity contribution in [3.63, 3.8) is 0 Å². The lowest BCUT2D eigenvalue weighted by Crippen LogP contribution is -2.13. The predicted molar refractivity (Wildman–Crippen MR) is 70.6 cm³/mol. The molecule has 1 rings (SSSR count). The second kappa shape index (κ2) is 5.35. The molecule has 0 saturated heterocycles. The highest BCUT2D eigenvalue weighted by Crippen LogP contribution is 2.22. The van der Waals surface area contributed by atoms with Crippen molar-refractivity contribution in [1.29, 1.82) is 0 Å². The maximum Gasteiger partial charge on any atom is 0.163 e. The van der Waals surface area contributed by atoms with E-state index < -0.39 is 0 Å². The molecule has 0 fully saturated rings. The van der Waals surface area contributed by atoms with Crippen LogP contribution < -0.4 is 4.74 Å². The summed E-state index contributed by atoms with van der Waals surface area (Å²) in [6.07, 6.45) is 0.725. The van der Waals surface area contributed by atoms with Crippen LogP contribution in [0.4, 0.5) is 0 Å². The molecule has 0 aromatic heterocycles. The van der Waals surface area contributed by atoms with Crippen LogP contribution in [0.1, 0.15) is 51.4 Å². The predicted octanol–water partition coefficient (Wildman–Crippen LogP) is 4.09. The third kappa shape index (κ3) is 5.03. The van der Waals surface area contributed by atoms with Gasteiger partial charge in [0.05, 0.1) is 6.10 Å². The average Bonchev–Trinajstić information content (AvgIpc) is 2.15. The van der Waals surface area contributed by atoms with Crippen LogP contribution in [0.3, 0.4) is 0 Å². The molecule has 0 aliphatic carbocycles. The van der Waals surface area contributed by atoms with Crippen LogP contribution in [0.5, 0.6) is 5.75 Å². The minimum absolute atomic E-state index is 0.0319. The highest BCUT2D eigenvalue weighted by molar-refractivity contribution is 5.96. The molecular weight excluding hydrogens is 212 g/mol. The first-order valence-electron chi connectivity index (χ1n) is 6.08. The van der Waals surface area contributed by atoms with E-state index in [0.717, 1.165) is 11.3 Å². The third-order valence-electron chi connectivity index (χ3n) is 2.24. The summed E-state index contributed by atoms with van der Waals surface area (Å²) < 4.78 is 5.54. The lowest BCUT2D eigenvalue weighted by atomic mass is 9.88. The number of Topliss-reactive ketones (excluding diaryl/α,β-unsaturated/α-hetero) is 1. The fraction of sp³-hybridized carbons (Fsp3) is 0.533. The molecule has 0 N–H and O–H groups in total. The number of rotatable bonds is 4. The van der Waals surface area contributed by atoms with E-state index in [1.54, 1.807) is 0 Å². The molecule has 0 spiro atoms. The van der Waals surface area contributed by atoms with Gasteiger partial charge in [0.1, 0.15) is 5.75 Å². The van der Waals surface area contributed by atoms with E-state index >= 15 is 0 Å². The molecule has 0 radical (unpaired) electrons. The minimum Gasteiger partial charge on any atom is -0.491 e. The van der Waals surface area contributed by atoms with E-state index in [4.69, 9.17) is 4.74 Å².